The highest BCUT2D eigenvalue weighted by molar-refractivity contribution is 6.07. The Morgan fingerprint density at radius 1 is 1.27 bits per heavy atom. The van der Waals surface area contributed by atoms with Crippen LogP contribution in [-0.4, -0.2) is 43.6 Å². The van der Waals surface area contributed by atoms with Crippen molar-refractivity contribution in [1.29, 1.82) is 0 Å². The minimum atomic E-state index is -0.159. The van der Waals surface area contributed by atoms with Gasteiger partial charge >= 0.3 is 0 Å². The van der Waals surface area contributed by atoms with Crippen LogP contribution in [0.3, 0.4) is 0 Å². The van der Waals surface area contributed by atoms with E-state index in [4.69, 9.17) is 9.72 Å². The number of hydrogen-bond donors (Lipinski definition) is 1. The van der Waals surface area contributed by atoms with E-state index in [-0.39, 0.29) is 11.9 Å². The SMILES string of the molecule is COc1ccc(-c2cc(C(=O)N[C@@H](C)Cn3cccn3)c3c(C)nn(C)c3n2)cc1. The number of rotatable bonds is 6. The molecule has 0 spiro atoms. The monoisotopic (exact) mass is 404 g/mol. The maximum atomic E-state index is 13.2. The van der Waals surface area contributed by atoms with Crippen LogP contribution >= 0.6 is 0 Å². The average molecular weight is 404 g/mol. The number of nitrogens with one attached hydrogen (secondary N) is 1. The van der Waals surface area contributed by atoms with E-state index in [9.17, 15) is 4.79 Å². The van der Waals surface area contributed by atoms with Crippen LogP contribution in [0.25, 0.3) is 22.3 Å². The smallest absolute Gasteiger partial charge is 0.252 e. The van der Waals surface area contributed by atoms with Gasteiger partial charge in [-0.1, -0.05) is 0 Å². The third-order valence-electron chi connectivity index (χ3n) is 5.00. The largest absolute Gasteiger partial charge is 0.497 e. The molecule has 3 heterocycles. The van der Waals surface area contributed by atoms with Crippen LogP contribution < -0.4 is 10.1 Å². The maximum Gasteiger partial charge on any atom is 0.252 e. The van der Waals surface area contributed by atoms with Crippen molar-refractivity contribution in [2.24, 2.45) is 7.05 Å². The van der Waals surface area contributed by atoms with Gasteiger partial charge in [0, 0.05) is 31.0 Å². The van der Waals surface area contributed by atoms with E-state index in [1.807, 2.05) is 63.5 Å². The molecule has 1 N–H and O–H groups in total. The second kappa shape index (κ2) is 7.98. The molecule has 0 aliphatic carbocycles. The molecule has 0 bridgehead atoms. The van der Waals surface area contributed by atoms with Crippen LogP contribution in [-0.2, 0) is 13.6 Å². The molecule has 1 atom stereocenters. The Balaban J connectivity index is 1.72. The van der Waals surface area contributed by atoms with Gasteiger partial charge in [0.2, 0.25) is 0 Å². The number of pyridine rings is 1. The number of carbonyl (C=O) groups excluding carboxylic acids is 1. The minimum absolute atomic E-state index is 0.0953. The fourth-order valence-electron chi connectivity index (χ4n) is 3.57. The lowest BCUT2D eigenvalue weighted by Gasteiger charge is -2.15. The van der Waals surface area contributed by atoms with E-state index in [2.05, 4.69) is 15.5 Å². The molecule has 154 valence electrons. The van der Waals surface area contributed by atoms with Crippen molar-refractivity contribution in [3.05, 3.63) is 60.0 Å². The van der Waals surface area contributed by atoms with Crippen molar-refractivity contribution in [3.8, 4) is 17.0 Å². The third-order valence-corrected chi connectivity index (χ3v) is 5.00. The summed E-state index contributed by atoms with van der Waals surface area (Å²) < 4.78 is 8.75. The zero-order chi connectivity index (χ0) is 21.3. The van der Waals surface area contributed by atoms with E-state index in [0.717, 1.165) is 22.4 Å². The second-order valence-electron chi connectivity index (χ2n) is 7.29. The number of amides is 1. The predicted molar refractivity (Wildman–Crippen MR) is 114 cm³/mol. The van der Waals surface area contributed by atoms with Crippen LogP contribution in [0.15, 0.2) is 48.8 Å². The molecule has 0 saturated heterocycles. The summed E-state index contributed by atoms with van der Waals surface area (Å²) in [7, 11) is 3.47. The van der Waals surface area contributed by atoms with Gasteiger partial charge < -0.3 is 10.1 Å². The second-order valence-corrected chi connectivity index (χ2v) is 7.29. The van der Waals surface area contributed by atoms with Gasteiger partial charge in [0.15, 0.2) is 5.65 Å². The van der Waals surface area contributed by atoms with Crippen molar-refractivity contribution in [2.75, 3.05) is 7.11 Å². The van der Waals surface area contributed by atoms with Gasteiger partial charge in [0.1, 0.15) is 5.75 Å². The van der Waals surface area contributed by atoms with Gasteiger partial charge in [0.05, 0.1) is 36.0 Å². The molecule has 0 saturated carbocycles. The summed E-state index contributed by atoms with van der Waals surface area (Å²) in [5.74, 6) is 0.606. The molecule has 30 heavy (non-hydrogen) atoms. The highest BCUT2D eigenvalue weighted by Gasteiger charge is 2.20. The van der Waals surface area contributed by atoms with Gasteiger partial charge in [-0.3, -0.25) is 14.2 Å². The van der Waals surface area contributed by atoms with Crippen molar-refractivity contribution < 1.29 is 9.53 Å². The first kappa shape index (κ1) is 19.6. The van der Waals surface area contributed by atoms with Crippen molar-refractivity contribution >= 4 is 16.9 Å². The Labute approximate surface area is 174 Å². The molecule has 1 amide bonds. The molecule has 4 aromatic rings. The number of fused-ring (bicyclic) bond motifs is 1. The van der Waals surface area contributed by atoms with E-state index in [1.165, 1.54) is 0 Å². The third kappa shape index (κ3) is 3.76. The first-order valence-electron chi connectivity index (χ1n) is 9.73. The Kier molecular flexibility index (Phi) is 5.22. The lowest BCUT2D eigenvalue weighted by Crippen LogP contribution is -2.36. The van der Waals surface area contributed by atoms with E-state index < -0.39 is 0 Å². The molecule has 8 heteroatoms. The first-order valence-corrected chi connectivity index (χ1v) is 9.73. The first-order chi connectivity index (χ1) is 14.5. The lowest BCUT2D eigenvalue weighted by atomic mass is 10.0. The van der Waals surface area contributed by atoms with Crippen LogP contribution in [0.4, 0.5) is 0 Å². The number of aryl methyl sites for hydroxylation is 2. The summed E-state index contributed by atoms with van der Waals surface area (Å²) >= 11 is 0. The van der Waals surface area contributed by atoms with Crippen molar-refractivity contribution in [1.82, 2.24) is 29.9 Å². The highest BCUT2D eigenvalue weighted by atomic mass is 16.5. The highest BCUT2D eigenvalue weighted by Crippen LogP contribution is 2.28. The maximum absolute atomic E-state index is 13.2. The molecular formula is C22H24N6O2. The predicted octanol–water partition coefficient (Wildman–Crippen LogP) is 2.97. The molecule has 1 aromatic carbocycles. The topological polar surface area (TPSA) is 86.9 Å². The van der Waals surface area contributed by atoms with Gasteiger partial charge in [-0.05, 0) is 50.2 Å². The van der Waals surface area contributed by atoms with Crippen LogP contribution in [0, 0.1) is 6.92 Å². The van der Waals surface area contributed by atoms with Gasteiger partial charge in [0.25, 0.3) is 5.91 Å². The Hall–Kier alpha value is -3.68. The van der Waals surface area contributed by atoms with Gasteiger partial charge in [-0.2, -0.15) is 10.2 Å². The molecular weight excluding hydrogens is 380 g/mol. The number of nitrogens with zero attached hydrogens (tertiary/aromatic N) is 5. The molecule has 3 aromatic heterocycles. The normalized spacial score (nSPS) is 12.1. The van der Waals surface area contributed by atoms with E-state index >= 15 is 0 Å². The van der Waals surface area contributed by atoms with Gasteiger partial charge in [-0.15, -0.1) is 0 Å². The zero-order valence-electron chi connectivity index (χ0n) is 17.5. The molecule has 0 unspecified atom stereocenters. The Morgan fingerprint density at radius 2 is 2.03 bits per heavy atom. The lowest BCUT2D eigenvalue weighted by molar-refractivity contribution is 0.0937. The summed E-state index contributed by atoms with van der Waals surface area (Å²) in [6, 6.07) is 11.2. The summed E-state index contributed by atoms with van der Waals surface area (Å²) in [6.45, 7) is 4.43. The minimum Gasteiger partial charge on any atom is -0.497 e. The van der Waals surface area contributed by atoms with Crippen LogP contribution in [0.1, 0.15) is 23.0 Å². The zero-order valence-corrected chi connectivity index (χ0v) is 17.5. The number of hydrogen-bond acceptors (Lipinski definition) is 5. The van der Waals surface area contributed by atoms with Gasteiger partial charge in [-0.25, -0.2) is 4.98 Å². The molecule has 8 nitrogen and oxygen atoms in total. The fourth-order valence-corrected chi connectivity index (χ4v) is 3.57. The van der Waals surface area contributed by atoms with Crippen molar-refractivity contribution in [3.63, 3.8) is 0 Å². The molecule has 0 aliphatic rings. The number of methoxy groups -OCH3 is 1. The molecule has 0 fully saturated rings. The van der Waals surface area contributed by atoms with Crippen LogP contribution in [0.2, 0.25) is 0 Å². The standard InChI is InChI=1S/C22H24N6O2/c1-14(13-28-11-5-10-23-28)24-22(29)18-12-19(16-6-8-17(30-4)9-7-16)25-21-20(18)15(2)26-27(21)3/h5-12,14H,13H2,1-4H3,(H,24,29)/t14-/m0/s1. The Bertz CT molecular complexity index is 1180. The molecule has 4 rings (SSSR count). The van der Waals surface area contributed by atoms with E-state index in [0.29, 0.717) is 23.4 Å². The summed E-state index contributed by atoms with van der Waals surface area (Å²) in [5, 5.41) is 12.5. The summed E-state index contributed by atoms with van der Waals surface area (Å²) in [4.78, 5) is 18.0. The average Bonchev–Trinajstić information content (AvgIpc) is 3.35. The quantitative estimate of drug-likeness (QED) is 0.534. The molecule has 0 aliphatic heterocycles. The van der Waals surface area contributed by atoms with Crippen molar-refractivity contribution in [2.45, 2.75) is 26.4 Å². The fraction of sp³-hybridized carbons (Fsp3) is 0.273. The number of ether oxygens (including phenoxy) is 1. The Morgan fingerprint density at radius 3 is 2.70 bits per heavy atom. The summed E-state index contributed by atoms with van der Waals surface area (Å²) in [5.41, 5.74) is 3.61. The number of carbonyl (C=O) groups is 1. The number of aromatic nitrogens is 5. The van der Waals surface area contributed by atoms with Crippen LogP contribution in [0.5, 0.6) is 5.75 Å². The molecule has 0 radical (unpaired) electrons. The van der Waals surface area contributed by atoms with E-state index in [1.54, 1.807) is 22.7 Å². The summed E-state index contributed by atoms with van der Waals surface area (Å²) in [6.07, 6.45) is 3.60. The number of benzene rings is 1.